The second-order valence-corrected chi connectivity index (χ2v) is 8.19. The van der Waals surface area contributed by atoms with Crippen LogP contribution in [0.3, 0.4) is 0 Å². The van der Waals surface area contributed by atoms with Gasteiger partial charge in [0.05, 0.1) is 29.8 Å². The smallest absolute Gasteiger partial charge is 0.266 e. The van der Waals surface area contributed by atoms with Crippen LogP contribution in [-0.4, -0.2) is 56.8 Å². The molecule has 0 aliphatic carbocycles. The summed E-state index contributed by atoms with van der Waals surface area (Å²) in [5.41, 5.74) is 2.46. The van der Waals surface area contributed by atoms with E-state index in [0.29, 0.717) is 42.5 Å². The predicted octanol–water partition coefficient (Wildman–Crippen LogP) is 2.93. The summed E-state index contributed by atoms with van der Waals surface area (Å²) in [4.78, 5) is 20.4. The van der Waals surface area contributed by atoms with E-state index < -0.39 is 0 Å². The summed E-state index contributed by atoms with van der Waals surface area (Å²) in [6.45, 7) is 4.38. The average Bonchev–Trinajstić information content (AvgIpc) is 3.18. The van der Waals surface area contributed by atoms with Crippen LogP contribution < -0.4 is 5.56 Å². The molecule has 1 aliphatic rings. The van der Waals surface area contributed by atoms with E-state index in [-0.39, 0.29) is 11.4 Å². The largest absolute Gasteiger partial charge is 0.494 e. The maximum absolute atomic E-state index is 13.5. The lowest BCUT2D eigenvalue weighted by Crippen LogP contribution is -2.38. The molecular weight excluding hydrogens is 416 g/mol. The molecule has 0 atom stereocenters. The quantitative estimate of drug-likeness (QED) is 0.518. The molecule has 31 heavy (non-hydrogen) atoms. The van der Waals surface area contributed by atoms with Crippen LogP contribution in [0.15, 0.2) is 53.3 Å². The number of hydrogen-bond donors (Lipinski definition) is 1. The first-order chi connectivity index (χ1) is 15.1. The summed E-state index contributed by atoms with van der Waals surface area (Å²) < 4.78 is 8.79. The van der Waals surface area contributed by atoms with Gasteiger partial charge in [-0.15, -0.1) is 0 Å². The molecule has 1 fully saturated rings. The minimum absolute atomic E-state index is 0.0315. The molecule has 0 bridgehead atoms. The van der Waals surface area contributed by atoms with Gasteiger partial charge >= 0.3 is 0 Å². The molecule has 4 aromatic rings. The average molecular weight is 439 g/mol. The van der Waals surface area contributed by atoms with Gasteiger partial charge in [0.2, 0.25) is 11.7 Å². The van der Waals surface area contributed by atoms with Crippen LogP contribution >= 0.6 is 11.6 Å². The van der Waals surface area contributed by atoms with E-state index in [0.717, 1.165) is 36.2 Å². The second-order valence-electron chi connectivity index (χ2n) is 7.75. The summed E-state index contributed by atoms with van der Waals surface area (Å²) in [6, 6.07) is 14.9. The number of hydrogen-bond acceptors (Lipinski definition) is 5. The first-order valence-electron chi connectivity index (χ1n) is 10.4. The van der Waals surface area contributed by atoms with Gasteiger partial charge in [0.1, 0.15) is 0 Å². The minimum atomic E-state index is -0.251. The van der Waals surface area contributed by atoms with Gasteiger partial charge < -0.3 is 9.84 Å². The highest BCUT2D eigenvalue weighted by atomic mass is 35.5. The number of aromatic hydroxyl groups is 1. The fourth-order valence-electron chi connectivity index (χ4n) is 4.12. The Morgan fingerprint density at radius 2 is 1.77 bits per heavy atom. The summed E-state index contributed by atoms with van der Waals surface area (Å²) in [6.07, 6.45) is 0.307. The van der Waals surface area contributed by atoms with Crippen molar-refractivity contribution >= 4 is 28.4 Å². The van der Waals surface area contributed by atoms with Crippen molar-refractivity contribution in [3.8, 4) is 5.88 Å². The first-order valence-corrected chi connectivity index (χ1v) is 10.8. The highest BCUT2D eigenvalue weighted by molar-refractivity contribution is 6.30. The minimum Gasteiger partial charge on any atom is -0.494 e. The molecule has 2 aromatic carbocycles. The molecule has 1 saturated heterocycles. The van der Waals surface area contributed by atoms with Gasteiger partial charge in [-0.1, -0.05) is 35.9 Å². The number of morpholine rings is 1. The number of imidazole rings is 1. The number of ether oxygens (including phenoxy) is 1. The summed E-state index contributed by atoms with van der Waals surface area (Å²) in [7, 11) is 0. The zero-order valence-corrected chi connectivity index (χ0v) is 17.8. The molecule has 0 radical (unpaired) electrons. The number of benzene rings is 2. The molecule has 0 spiro atoms. The maximum atomic E-state index is 13.5. The Labute approximate surface area is 184 Å². The molecular formula is C23H23ClN4O3. The first kappa shape index (κ1) is 20.1. The lowest BCUT2D eigenvalue weighted by atomic mass is 10.1. The Bertz CT molecular complexity index is 1290. The van der Waals surface area contributed by atoms with E-state index in [1.165, 1.54) is 0 Å². The van der Waals surface area contributed by atoms with Gasteiger partial charge in [0.15, 0.2) is 0 Å². The van der Waals surface area contributed by atoms with Gasteiger partial charge in [-0.05, 0) is 29.8 Å². The van der Waals surface area contributed by atoms with Gasteiger partial charge in [-0.2, -0.15) is 0 Å². The van der Waals surface area contributed by atoms with Gasteiger partial charge in [0, 0.05) is 37.6 Å². The highest BCUT2D eigenvalue weighted by Crippen LogP contribution is 2.24. The SMILES string of the molecule is O=c1c(Cc2ccc(Cl)cc2)c(O)n(CCN2CCOCC2)c2nc3ccccc3n12. The van der Waals surface area contributed by atoms with Crippen LogP contribution in [0.2, 0.25) is 5.02 Å². The van der Waals surface area contributed by atoms with E-state index in [1.54, 1.807) is 21.1 Å². The van der Waals surface area contributed by atoms with Crippen molar-refractivity contribution in [3.05, 3.63) is 75.0 Å². The molecule has 7 nitrogen and oxygen atoms in total. The fourth-order valence-corrected chi connectivity index (χ4v) is 4.24. The van der Waals surface area contributed by atoms with Crippen LogP contribution in [0.4, 0.5) is 0 Å². The van der Waals surface area contributed by atoms with Crippen molar-refractivity contribution < 1.29 is 9.84 Å². The third kappa shape index (κ3) is 3.80. The number of rotatable bonds is 5. The van der Waals surface area contributed by atoms with Crippen LogP contribution in [-0.2, 0) is 17.7 Å². The molecule has 0 saturated carbocycles. The lowest BCUT2D eigenvalue weighted by molar-refractivity contribution is 0.0362. The molecule has 1 N–H and O–H groups in total. The Balaban J connectivity index is 1.63. The number of halogens is 1. The predicted molar refractivity (Wildman–Crippen MR) is 120 cm³/mol. The monoisotopic (exact) mass is 438 g/mol. The van der Waals surface area contributed by atoms with Crippen molar-refractivity contribution in [3.63, 3.8) is 0 Å². The van der Waals surface area contributed by atoms with E-state index in [2.05, 4.69) is 9.88 Å². The number of fused-ring (bicyclic) bond motifs is 3. The molecule has 5 rings (SSSR count). The van der Waals surface area contributed by atoms with Gasteiger partial charge in [0.25, 0.3) is 5.56 Å². The second kappa shape index (κ2) is 8.34. The Hall–Kier alpha value is -2.87. The van der Waals surface area contributed by atoms with E-state index >= 15 is 0 Å². The van der Waals surface area contributed by atoms with Crippen LogP contribution in [0, 0.1) is 0 Å². The normalized spacial score (nSPS) is 15.1. The summed E-state index contributed by atoms with van der Waals surface area (Å²) in [5, 5.41) is 11.8. The van der Waals surface area contributed by atoms with Crippen LogP contribution in [0.1, 0.15) is 11.1 Å². The van der Waals surface area contributed by atoms with Crippen molar-refractivity contribution in [1.82, 2.24) is 18.9 Å². The Morgan fingerprint density at radius 1 is 1.03 bits per heavy atom. The summed E-state index contributed by atoms with van der Waals surface area (Å²) in [5.74, 6) is 0.424. The van der Waals surface area contributed by atoms with Crippen molar-refractivity contribution in [2.45, 2.75) is 13.0 Å². The van der Waals surface area contributed by atoms with Crippen molar-refractivity contribution in [1.29, 1.82) is 0 Å². The third-order valence-corrected chi connectivity index (χ3v) is 6.06. The fraction of sp³-hybridized carbons (Fsp3) is 0.304. The Kier molecular flexibility index (Phi) is 5.40. The zero-order valence-electron chi connectivity index (χ0n) is 17.0. The molecule has 8 heteroatoms. The molecule has 1 aliphatic heterocycles. The molecule has 3 heterocycles. The standard InChI is InChI=1S/C23H23ClN4O3/c24-17-7-5-16(6-8-17)15-18-21(29)27(10-9-26-11-13-31-14-12-26)23-25-19-3-1-2-4-20(19)28(23)22(18)30/h1-8,29H,9-15H2. The van der Waals surface area contributed by atoms with Crippen LogP contribution in [0.25, 0.3) is 16.8 Å². The van der Waals surface area contributed by atoms with E-state index in [9.17, 15) is 9.90 Å². The summed E-state index contributed by atoms with van der Waals surface area (Å²) >= 11 is 6.01. The number of aromatic nitrogens is 3. The van der Waals surface area contributed by atoms with Gasteiger partial charge in [-0.25, -0.2) is 9.38 Å². The molecule has 160 valence electrons. The Morgan fingerprint density at radius 3 is 2.55 bits per heavy atom. The lowest BCUT2D eigenvalue weighted by Gasteiger charge is -2.27. The van der Waals surface area contributed by atoms with Crippen molar-refractivity contribution in [2.24, 2.45) is 0 Å². The van der Waals surface area contributed by atoms with Gasteiger partial charge in [-0.3, -0.25) is 14.3 Å². The van der Waals surface area contributed by atoms with E-state index in [1.807, 2.05) is 36.4 Å². The van der Waals surface area contributed by atoms with Crippen molar-refractivity contribution in [2.75, 3.05) is 32.8 Å². The number of para-hydroxylation sites is 2. The molecule has 0 unspecified atom stereocenters. The topological polar surface area (TPSA) is 72.0 Å². The third-order valence-electron chi connectivity index (χ3n) is 5.81. The van der Waals surface area contributed by atoms with E-state index in [4.69, 9.17) is 16.3 Å². The highest BCUT2D eigenvalue weighted by Gasteiger charge is 2.21. The zero-order chi connectivity index (χ0) is 21.4. The maximum Gasteiger partial charge on any atom is 0.266 e. The number of nitrogens with zero attached hydrogens (tertiary/aromatic N) is 4. The van der Waals surface area contributed by atoms with Crippen LogP contribution in [0.5, 0.6) is 5.88 Å². The molecule has 2 aromatic heterocycles. The molecule has 0 amide bonds.